The molecule has 1 atom stereocenters. The average Bonchev–Trinajstić information content (AvgIpc) is 2.77. The van der Waals surface area contributed by atoms with Crippen LogP contribution in [0, 0.1) is 0 Å². The molecule has 0 spiro atoms. The van der Waals surface area contributed by atoms with Crippen molar-refractivity contribution in [2.45, 2.75) is 25.6 Å². The summed E-state index contributed by atoms with van der Waals surface area (Å²) in [6, 6.07) is 6.04. The largest absolute Gasteiger partial charge is 0.380 e. The molecule has 0 bridgehead atoms. The van der Waals surface area contributed by atoms with Crippen LogP contribution in [0.25, 0.3) is 0 Å². The number of methoxy groups -OCH3 is 1. The Morgan fingerprint density at radius 1 is 1.50 bits per heavy atom. The third-order valence-corrected chi connectivity index (χ3v) is 3.02. The fourth-order valence-corrected chi connectivity index (χ4v) is 2.09. The molecule has 0 saturated carbocycles. The van der Waals surface area contributed by atoms with E-state index in [4.69, 9.17) is 10.5 Å². The van der Waals surface area contributed by atoms with Gasteiger partial charge in [-0.2, -0.15) is 0 Å². The van der Waals surface area contributed by atoms with Crippen molar-refractivity contribution in [1.29, 1.82) is 0 Å². The van der Waals surface area contributed by atoms with Gasteiger partial charge in [0.15, 0.2) is 0 Å². The van der Waals surface area contributed by atoms with Gasteiger partial charge in [0.1, 0.15) is 0 Å². The number of pyridine rings is 1. The van der Waals surface area contributed by atoms with Crippen molar-refractivity contribution >= 4 is 0 Å². The van der Waals surface area contributed by atoms with Gasteiger partial charge in [-0.1, -0.05) is 6.07 Å². The summed E-state index contributed by atoms with van der Waals surface area (Å²) in [5.74, 6) is 0. The highest BCUT2D eigenvalue weighted by Gasteiger charge is 2.21. The van der Waals surface area contributed by atoms with E-state index >= 15 is 0 Å². The molecule has 0 radical (unpaired) electrons. The van der Waals surface area contributed by atoms with Crippen molar-refractivity contribution in [3.63, 3.8) is 0 Å². The Morgan fingerprint density at radius 2 is 2.31 bits per heavy atom. The maximum atomic E-state index is 5.57. The number of nitrogens with zero attached hydrogens (tertiary/aromatic N) is 2. The Morgan fingerprint density at radius 3 is 3.00 bits per heavy atom. The highest BCUT2D eigenvalue weighted by atomic mass is 16.5. The van der Waals surface area contributed by atoms with Crippen LogP contribution in [0.3, 0.4) is 0 Å². The third-order valence-electron chi connectivity index (χ3n) is 3.02. The lowest BCUT2D eigenvalue weighted by Crippen LogP contribution is -2.23. The molecule has 2 rings (SSSR count). The van der Waals surface area contributed by atoms with E-state index in [1.54, 1.807) is 7.11 Å². The number of aromatic nitrogens is 1. The topological polar surface area (TPSA) is 51.4 Å². The van der Waals surface area contributed by atoms with Crippen LogP contribution in [0.15, 0.2) is 18.2 Å². The Balaban J connectivity index is 1.94. The van der Waals surface area contributed by atoms with E-state index in [1.807, 2.05) is 12.1 Å². The standard InChI is InChI=1S/C12H19N3O/c1-16-12-5-6-15(9-12)8-11-4-2-3-10(7-13)14-11/h2-4,12H,5-9,13H2,1H3. The molecule has 0 aliphatic carbocycles. The molecule has 4 heteroatoms. The average molecular weight is 221 g/mol. The summed E-state index contributed by atoms with van der Waals surface area (Å²) in [6.45, 7) is 3.50. The van der Waals surface area contributed by atoms with Gasteiger partial charge in [0.2, 0.25) is 0 Å². The maximum absolute atomic E-state index is 5.57. The summed E-state index contributed by atoms with van der Waals surface area (Å²) in [5.41, 5.74) is 7.63. The van der Waals surface area contributed by atoms with Gasteiger partial charge in [-0.25, -0.2) is 0 Å². The van der Waals surface area contributed by atoms with Crippen molar-refractivity contribution in [1.82, 2.24) is 9.88 Å². The zero-order valence-electron chi connectivity index (χ0n) is 9.72. The first-order chi connectivity index (χ1) is 7.81. The normalized spacial score (nSPS) is 21.5. The second-order valence-electron chi connectivity index (χ2n) is 4.21. The Bertz CT molecular complexity index is 343. The van der Waals surface area contributed by atoms with E-state index < -0.39 is 0 Å². The van der Waals surface area contributed by atoms with Crippen molar-refractivity contribution in [2.24, 2.45) is 5.73 Å². The van der Waals surface area contributed by atoms with Crippen LogP contribution < -0.4 is 5.73 Å². The van der Waals surface area contributed by atoms with Crippen LogP contribution in [-0.4, -0.2) is 36.2 Å². The van der Waals surface area contributed by atoms with E-state index in [-0.39, 0.29) is 0 Å². The minimum atomic E-state index is 0.387. The molecule has 1 aromatic heterocycles. The van der Waals surface area contributed by atoms with E-state index in [1.165, 1.54) is 0 Å². The predicted molar refractivity (Wildman–Crippen MR) is 62.8 cm³/mol. The van der Waals surface area contributed by atoms with Crippen LogP contribution in [0.2, 0.25) is 0 Å². The fourth-order valence-electron chi connectivity index (χ4n) is 2.09. The minimum Gasteiger partial charge on any atom is -0.380 e. The minimum absolute atomic E-state index is 0.387. The number of rotatable bonds is 4. The van der Waals surface area contributed by atoms with Crippen LogP contribution in [0.4, 0.5) is 0 Å². The third kappa shape index (κ3) is 2.78. The SMILES string of the molecule is COC1CCN(Cc2cccc(CN)n2)C1. The molecule has 1 unspecified atom stereocenters. The molecule has 0 amide bonds. The van der Waals surface area contributed by atoms with Crippen LogP contribution >= 0.6 is 0 Å². The molecule has 16 heavy (non-hydrogen) atoms. The van der Waals surface area contributed by atoms with Gasteiger partial charge in [-0.3, -0.25) is 9.88 Å². The van der Waals surface area contributed by atoms with E-state index in [2.05, 4.69) is 16.0 Å². The first-order valence-electron chi connectivity index (χ1n) is 5.72. The number of likely N-dealkylation sites (tertiary alicyclic amines) is 1. The smallest absolute Gasteiger partial charge is 0.0710 e. The highest BCUT2D eigenvalue weighted by molar-refractivity contribution is 5.11. The molecule has 1 aliphatic heterocycles. The van der Waals surface area contributed by atoms with Gasteiger partial charge in [0, 0.05) is 33.3 Å². The monoisotopic (exact) mass is 221 g/mol. The van der Waals surface area contributed by atoms with Crippen molar-refractivity contribution < 1.29 is 4.74 Å². The van der Waals surface area contributed by atoms with Gasteiger partial charge < -0.3 is 10.5 Å². The number of nitrogens with two attached hydrogens (primary N) is 1. The zero-order valence-corrected chi connectivity index (χ0v) is 9.72. The molecule has 88 valence electrons. The summed E-state index contributed by atoms with van der Waals surface area (Å²) in [4.78, 5) is 6.87. The second kappa shape index (κ2) is 5.39. The Kier molecular flexibility index (Phi) is 3.88. The first kappa shape index (κ1) is 11.5. The number of hydrogen-bond acceptors (Lipinski definition) is 4. The van der Waals surface area contributed by atoms with Crippen molar-refractivity contribution in [2.75, 3.05) is 20.2 Å². The summed E-state index contributed by atoms with van der Waals surface area (Å²) in [6.07, 6.45) is 1.50. The van der Waals surface area contributed by atoms with Crippen LogP contribution in [-0.2, 0) is 17.8 Å². The molecule has 4 nitrogen and oxygen atoms in total. The summed E-state index contributed by atoms with van der Waals surface area (Å²) in [5, 5.41) is 0. The lowest BCUT2D eigenvalue weighted by molar-refractivity contribution is 0.107. The van der Waals surface area contributed by atoms with E-state index in [0.29, 0.717) is 12.6 Å². The Labute approximate surface area is 96.4 Å². The number of hydrogen-bond donors (Lipinski definition) is 1. The van der Waals surface area contributed by atoms with Crippen LogP contribution in [0.5, 0.6) is 0 Å². The van der Waals surface area contributed by atoms with Gasteiger partial charge in [0.05, 0.1) is 17.5 Å². The van der Waals surface area contributed by atoms with Crippen molar-refractivity contribution in [3.05, 3.63) is 29.6 Å². The molecule has 1 saturated heterocycles. The van der Waals surface area contributed by atoms with E-state index in [9.17, 15) is 0 Å². The van der Waals surface area contributed by atoms with Gasteiger partial charge in [-0.05, 0) is 18.6 Å². The Hall–Kier alpha value is -0.970. The summed E-state index contributed by atoms with van der Waals surface area (Å²) in [7, 11) is 1.78. The molecule has 0 aromatic carbocycles. The van der Waals surface area contributed by atoms with E-state index in [0.717, 1.165) is 37.4 Å². The van der Waals surface area contributed by atoms with Crippen molar-refractivity contribution in [3.8, 4) is 0 Å². The van der Waals surface area contributed by atoms with Gasteiger partial charge in [0.25, 0.3) is 0 Å². The number of ether oxygens (including phenoxy) is 1. The molecular formula is C12H19N3O. The highest BCUT2D eigenvalue weighted by Crippen LogP contribution is 2.14. The lowest BCUT2D eigenvalue weighted by atomic mass is 10.3. The molecular weight excluding hydrogens is 202 g/mol. The fraction of sp³-hybridized carbons (Fsp3) is 0.583. The van der Waals surface area contributed by atoms with Crippen LogP contribution in [0.1, 0.15) is 17.8 Å². The second-order valence-corrected chi connectivity index (χ2v) is 4.21. The van der Waals surface area contributed by atoms with Gasteiger partial charge in [-0.15, -0.1) is 0 Å². The zero-order chi connectivity index (χ0) is 11.4. The molecule has 2 heterocycles. The molecule has 1 aliphatic rings. The van der Waals surface area contributed by atoms with Gasteiger partial charge >= 0.3 is 0 Å². The quantitative estimate of drug-likeness (QED) is 0.815. The lowest BCUT2D eigenvalue weighted by Gasteiger charge is -2.15. The molecule has 1 fully saturated rings. The maximum Gasteiger partial charge on any atom is 0.0710 e. The summed E-state index contributed by atoms with van der Waals surface area (Å²) < 4.78 is 5.34. The molecule has 2 N–H and O–H groups in total. The summed E-state index contributed by atoms with van der Waals surface area (Å²) >= 11 is 0. The predicted octanol–water partition coefficient (Wildman–Crippen LogP) is 0.761. The first-order valence-corrected chi connectivity index (χ1v) is 5.72. The molecule has 1 aromatic rings.